The summed E-state index contributed by atoms with van der Waals surface area (Å²) in [4.78, 5) is 21.5. The van der Waals surface area contributed by atoms with Crippen LogP contribution in [0.3, 0.4) is 0 Å². The van der Waals surface area contributed by atoms with Crippen LogP contribution in [0.2, 0.25) is 0 Å². The van der Waals surface area contributed by atoms with E-state index in [-0.39, 0.29) is 29.6 Å². The minimum atomic E-state index is -3.59. The Kier molecular flexibility index (Phi) is 6.53. The fraction of sp³-hybridized carbons (Fsp3) is 0.188. The van der Waals surface area contributed by atoms with E-state index in [1.165, 1.54) is 0 Å². The van der Waals surface area contributed by atoms with E-state index >= 15 is 0 Å². The topological polar surface area (TPSA) is 76.0 Å². The highest BCUT2D eigenvalue weighted by molar-refractivity contribution is 7.91. The minimum Gasteiger partial charge on any atom is -0.466 e. The zero-order chi connectivity index (χ0) is 26.9. The molecule has 2 atom stereocenters. The quantitative estimate of drug-likeness (QED) is 0.333. The maximum atomic E-state index is 14.6. The lowest BCUT2D eigenvalue weighted by atomic mass is 9.81. The maximum Gasteiger partial charge on any atom is 0.255 e. The highest BCUT2D eigenvalue weighted by Crippen LogP contribution is 2.46. The Hall–Kier alpha value is -4.23. The Balaban J connectivity index is 1.45. The summed E-state index contributed by atoms with van der Waals surface area (Å²) in [5, 5.41) is 0. The van der Waals surface area contributed by atoms with Gasteiger partial charge in [-0.15, -0.1) is 0 Å². The predicted octanol–water partition coefficient (Wildman–Crippen LogP) is 5.00. The van der Waals surface area contributed by atoms with Crippen LogP contribution in [0.15, 0.2) is 125 Å². The molecule has 7 heteroatoms. The molecular weight excluding hydrogens is 508 g/mol. The molecule has 2 aliphatic rings. The highest BCUT2D eigenvalue weighted by atomic mass is 32.2. The molecule has 0 saturated carbocycles. The van der Waals surface area contributed by atoms with E-state index in [0.29, 0.717) is 12.3 Å². The smallest absolute Gasteiger partial charge is 0.255 e. The summed E-state index contributed by atoms with van der Waals surface area (Å²) in [6.07, 6.45) is -0.323. The van der Waals surface area contributed by atoms with Gasteiger partial charge in [-0.2, -0.15) is 0 Å². The van der Waals surface area contributed by atoms with Crippen molar-refractivity contribution in [2.45, 2.75) is 29.5 Å². The Morgan fingerprint density at radius 1 is 0.821 bits per heavy atom. The van der Waals surface area contributed by atoms with Crippen LogP contribution in [0.25, 0.3) is 0 Å². The van der Waals surface area contributed by atoms with Gasteiger partial charge in [-0.1, -0.05) is 91.0 Å². The molecule has 0 spiro atoms. The van der Waals surface area contributed by atoms with Crippen LogP contribution in [0.5, 0.6) is 0 Å². The molecule has 0 N–H and O–H groups in total. The largest absolute Gasteiger partial charge is 0.466 e. The number of benzene rings is 4. The zero-order valence-corrected chi connectivity index (χ0v) is 22.1. The van der Waals surface area contributed by atoms with E-state index in [2.05, 4.69) is 0 Å². The van der Waals surface area contributed by atoms with Crippen molar-refractivity contribution in [2.75, 3.05) is 12.3 Å². The number of aliphatic imine (C=N–C) groups is 1. The molecule has 0 fully saturated rings. The van der Waals surface area contributed by atoms with Crippen molar-refractivity contribution in [3.63, 3.8) is 0 Å². The Labute approximate surface area is 228 Å². The van der Waals surface area contributed by atoms with Crippen LogP contribution in [0.1, 0.15) is 28.4 Å². The summed E-state index contributed by atoms with van der Waals surface area (Å²) in [5.74, 6) is -0.00665. The monoisotopic (exact) mass is 536 g/mol. The fourth-order valence-corrected chi connectivity index (χ4v) is 6.69. The van der Waals surface area contributed by atoms with E-state index in [1.807, 2.05) is 84.9 Å². The van der Waals surface area contributed by atoms with Gasteiger partial charge in [0.15, 0.2) is 21.5 Å². The van der Waals surface area contributed by atoms with Gasteiger partial charge in [-0.3, -0.25) is 4.79 Å². The van der Waals surface area contributed by atoms with Crippen molar-refractivity contribution < 1.29 is 17.9 Å². The first-order chi connectivity index (χ1) is 19.0. The third-order valence-corrected chi connectivity index (χ3v) is 9.10. The van der Waals surface area contributed by atoms with E-state index < -0.39 is 21.5 Å². The number of hydrogen-bond donors (Lipinski definition) is 0. The van der Waals surface area contributed by atoms with Gasteiger partial charge in [-0.25, -0.2) is 13.4 Å². The average Bonchev–Trinajstić information content (AvgIpc) is 3.33. The van der Waals surface area contributed by atoms with Crippen molar-refractivity contribution in [1.29, 1.82) is 0 Å². The lowest BCUT2D eigenvalue weighted by molar-refractivity contribution is -0.139. The van der Waals surface area contributed by atoms with Crippen molar-refractivity contribution in [1.82, 2.24) is 4.90 Å². The lowest BCUT2D eigenvalue weighted by Crippen LogP contribution is -2.50. The molecular formula is C32H28N2O4S. The van der Waals surface area contributed by atoms with Crippen molar-refractivity contribution >= 4 is 21.6 Å². The van der Waals surface area contributed by atoms with E-state index in [0.717, 1.165) is 22.3 Å². The molecule has 1 amide bonds. The molecule has 6 rings (SSSR count). The summed E-state index contributed by atoms with van der Waals surface area (Å²) in [6, 6.07) is 35.6. The number of hydrogen-bond acceptors (Lipinski definition) is 5. The SMILES string of the molecule is O=C1N(CCS(=O)(=O)c2ccccc2)Cc2ccccc2C2OC(c3ccccc3)=N[C@]12Cc1ccccc1. The molecule has 6 nitrogen and oxygen atoms in total. The fourth-order valence-electron chi connectivity index (χ4n) is 5.43. The van der Waals surface area contributed by atoms with Crippen LogP contribution in [-0.2, 0) is 32.3 Å². The minimum absolute atomic E-state index is 0.0455. The molecule has 0 bridgehead atoms. The van der Waals surface area contributed by atoms with Gasteiger partial charge in [0.2, 0.25) is 5.90 Å². The van der Waals surface area contributed by atoms with Crippen LogP contribution in [-0.4, -0.2) is 43.0 Å². The zero-order valence-electron chi connectivity index (χ0n) is 21.3. The Morgan fingerprint density at radius 2 is 1.44 bits per heavy atom. The summed E-state index contributed by atoms with van der Waals surface area (Å²) in [7, 11) is -3.59. The Morgan fingerprint density at radius 3 is 2.15 bits per heavy atom. The molecule has 0 saturated heterocycles. The first-order valence-electron chi connectivity index (χ1n) is 13.0. The van der Waals surface area contributed by atoms with Gasteiger partial charge in [-0.05, 0) is 35.4 Å². The van der Waals surface area contributed by atoms with Crippen LogP contribution in [0, 0.1) is 0 Å². The molecule has 2 aliphatic heterocycles. The number of amides is 1. The highest BCUT2D eigenvalue weighted by Gasteiger charge is 2.56. The van der Waals surface area contributed by atoms with Gasteiger partial charge < -0.3 is 9.64 Å². The van der Waals surface area contributed by atoms with Crippen molar-refractivity contribution in [3.8, 4) is 0 Å². The molecule has 0 radical (unpaired) electrons. The van der Waals surface area contributed by atoms with Gasteiger partial charge in [0, 0.05) is 30.6 Å². The average molecular weight is 537 g/mol. The van der Waals surface area contributed by atoms with Crippen LogP contribution < -0.4 is 0 Å². The van der Waals surface area contributed by atoms with Gasteiger partial charge in [0.1, 0.15) is 0 Å². The molecule has 4 aromatic rings. The second kappa shape index (κ2) is 10.2. The number of carbonyl (C=O) groups excluding carboxylic acids is 1. The number of fused-ring (bicyclic) bond motifs is 3. The van der Waals surface area contributed by atoms with Gasteiger partial charge in [0.05, 0.1) is 10.6 Å². The number of sulfone groups is 1. The molecule has 1 unspecified atom stereocenters. The van der Waals surface area contributed by atoms with Crippen LogP contribution >= 0.6 is 0 Å². The number of carbonyl (C=O) groups is 1. The summed E-state index contributed by atoms with van der Waals surface area (Å²) in [6.45, 7) is 0.329. The summed E-state index contributed by atoms with van der Waals surface area (Å²) >= 11 is 0. The summed E-state index contributed by atoms with van der Waals surface area (Å²) in [5.41, 5.74) is 2.28. The van der Waals surface area contributed by atoms with Crippen LogP contribution in [0.4, 0.5) is 0 Å². The molecule has 0 aliphatic carbocycles. The normalized spacial score (nSPS) is 20.4. The van der Waals surface area contributed by atoms with E-state index in [1.54, 1.807) is 35.2 Å². The predicted molar refractivity (Wildman–Crippen MR) is 150 cm³/mol. The first-order valence-corrected chi connectivity index (χ1v) is 14.6. The maximum absolute atomic E-state index is 14.6. The van der Waals surface area contributed by atoms with Gasteiger partial charge in [0.25, 0.3) is 5.91 Å². The molecule has 2 heterocycles. The molecule has 196 valence electrons. The van der Waals surface area contributed by atoms with Gasteiger partial charge >= 0.3 is 0 Å². The lowest BCUT2D eigenvalue weighted by Gasteiger charge is -2.32. The third-order valence-electron chi connectivity index (χ3n) is 7.39. The van der Waals surface area contributed by atoms with Crippen molar-refractivity contribution in [2.24, 2.45) is 4.99 Å². The molecule has 4 aromatic carbocycles. The van der Waals surface area contributed by atoms with E-state index in [9.17, 15) is 13.2 Å². The Bertz CT molecular complexity index is 1620. The second-order valence-corrected chi connectivity index (χ2v) is 12.0. The van der Waals surface area contributed by atoms with Crippen molar-refractivity contribution in [3.05, 3.63) is 138 Å². The summed E-state index contributed by atoms with van der Waals surface area (Å²) < 4.78 is 32.9. The third kappa shape index (κ3) is 4.74. The number of nitrogens with zero attached hydrogens (tertiary/aromatic N) is 2. The number of ether oxygens (including phenoxy) is 1. The standard InChI is InChI=1S/C32H28N2O4S/c35-31-32(22-24-12-4-1-5-13-24)29(38-30(33-32)25-14-6-2-7-15-25)28-19-11-10-16-26(28)23-34(31)20-21-39(36,37)27-17-8-3-9-18-27/h1-19,29H,20-23H2/t29?,32-/m0/s1. The van der Waals surface area contributed by atoms with E-state index in [4.69, 9.17) is 9.73 Å². The number of rotatable bonds is 7. The second-order valence-electron chi connectivity index (χ2n) is 9.92. The first kappa shape index (κ1) is 25.1. The molecule has 39 heavy (non-hydrogen) atoms. The molecule has 0 aromatic heterocycles.